The molecule has 1 heterocycles. The van der Waals surface area contributed by atoms with Crippen molar-refractivity contribution in [2.75, 3.05) is 24.3 Å². The topological polar surface area (TPSA) is 53.1 Å². The van der Waals surface area contributed by atoms with Gasteiger partial charge in [-0.05, 0) is 43.9 Å². The Labute approximate surface area is 197 Å². The predicted octanol–water partition coefficient (Wildman–Crippen LogP) is 6.00. The van der Waals surface area contributed by atoms with Gasteiger partial charge in [-0.2, -0.15) is 18.2 Å². The molecular formula is C25H31F4N5. The first-order chi connectivity index (χ1) is 15.7. The van der Waals surface area contributed by atoms with Gasteiger partial charge in [-0.15, -0.1) is 0 Å². The molecule has 1 aromatic heterocycles. The second kappa shape index (κ2) is 10.5. The van der Waals surface area contributed by atoms with Gasteiger partial charge in [0, 0.05) is 43.7 Å². The highest BCUT2D eigenvalue weighted by Gasteiger charge is 2.34. The van der Waals surface area contributed by atoms with E-state index < -0.39 is 17.6 Å². The third-order valence-corrected chi connectivity index (χ3v) is 6.03. The molecule has 9 heteroatoms. The van der Waals surface area contributed by atoms with E-state index in [4.69, 9.17) is 0 Å². The molecule has 0 radical (unpaired) electrons. The standard InChI is InChI=1S/C24H27F4N5.CH4/c1-33(2)22-18-7-3-4-9-20(18)31-23(32-22)30-17-12-10-16(11-13-17)29-14-15-6-5-8-19(21(15)25)24(26,27)28;/h3-9,16-17,29H,10-14H2,1-2H3,(H,30,31,32);1H4. The van der Waals surface area contributed by atoms with Crippen molar-refractivity contribution < 1.29 is 17.6 Å². The molecule has 3 aromatic rings. The van der Waals surface area contributed by atoms with Crippen molar-refractivity contribution in [2.45, 2.75) is 57.9 Å². The zero-order chi connectivity index (χ0) is 23.6. The fourth-order valence-electron chi connectivity index (χ4n) is 4.28. The fraction of sp³-hybridized carbons (Fsp3) is 0.440. The highest BCUT2D eigenvalue weighted by atomic mass is 19.4. The van der Waals surface area contributed by atoms with Gasteiger partial charge in [-0.25, -0.2) is 9.37 Å². The van der Waals surface area contributed by atoms with Crippen LogP contribution in [0, 0.1) is 5.82 Å². The minimum absolute atomic E-state index is 0. The summed E-state index contributed by atoms with van der Waals surface area (Å²) in [6.07, 6.45) is -1.33. The van der Waals surface area contributed by atoms with Gasteiger partial charge in [0.2, 0.25) is 5.95 Å². The molecule has 184 valence electrons. The summed E-state index contributed by atoms with van der Waals surface area (Å²) in [5, 5.41) is 7.64. The summed E-state index contributed by atoms with van der Waals surface area (Å²) in [5.74, 6) is 0.236. The second-order valence-electron chi connectivity index (χ2n) is 8.63. The van der Waals surface area contributed by atoms with Crippen molar-refractivity contribution in [1.82, 2.24) is 15.3 Å². The first kappa shape index (κ1) is 25.7. The molecule has 2 N–H and O–H groups in total. The van der Waals surface area contributed by atoms with Gasteiger partial charge in [0.25, 0.3) is 0 Å². The SMILES string of the molecule is C.CN(C)c1nc(NC2CCC(NCc3cccc(C(F)(F)F)c3F)CC2)nc2ccccc12. The lowest BCUT2D eigenvalue weighted by molar-refractivity contribution is -0.140. The second-order valence-corrected chi connectivity index (χ2v) is 8.63. The zero-order valence-electron chi connectivity index (χ0n) is 18.6. The van der Waals surface area contributed by atoms with Gasteiger partial charge in [-0.1, -0.05) is 31.7 Å². The Kier molecular flexibility index (Phi) is 7.97. The van der Waals surface area contributed by atoms with Crippen LogP contribution in [0.2, 0.25) is 0 Å². The summed E-state index contributed by atoms with van der Waals surface area (Å²) in [6.45, 7) is 0.0680. The number of aromatic nitrogens is 2. The van der Waals surface area contributed by atoms with Crippen molar-refractivity contribution in [3.63, 3.8) is 0 Å². The van der Waals surface area contributed by atoms with E-state index in [0.29, 0.717) is 5.95 Å². The zero-order valence-corrected chi connectivity index (χ0v) is 18.6. The van der Waals surface area contributed by atoms with Crippen LogP contribution in [0.15, 0.2) is 42.5 Å². The molecule has 0 aliphatic heterocycles. The average molecular weight is 478 g/mol. The number of alkyl halides is 3. The first-order valence-electron chi connectivity index (χ1n) is 11.0. The molecule has 4 rings (SSSR count). The van der Waals surface area contributed by atoms with Crippen LogP contribution in [0.3, 0.4) is 0 Å². The van der Waals surface area contributed by atoms with E-state index in [1.54, 1.807) is 0 Å². The Balaban J connectivity index is 0.00000324. The predicted molar refractivity (Wildman–Crippen MR) is 129 cm³/mol. The van der Waals surface area contributed by atoms with Crippen LogP contribution in [-0.4, -0.2) is 36.1 Å². The molecule has 0 saturated heterocycles. The number of halogens is 4. The number of rotatable bonds is 6. The van der Waals surface area contributed by atoms with Crippen LogP contribution in [0.25, 0.3) is 10.9 Å². The Morgan fingerprint density at radius 2 is 1.62 bits per heavy atom. The van der Waals surface area contributed by atoms with Crippen LogP contribution in [0.5, 0.6) is 0 Å². The molecule has 0 unspecified atom stereocenters. The van der Waals surface area contributed by atoms with Crippen molar-refractivity contribution in [1.29, 1.82) is 0 Å². The molecule has 34 heavy (non-hydrogen) atoms. The largest absolute Gasteiger partial charge is 0.419 e. The fourth-order valence-corrected chi connectivity index (χ4v) is 4.28. The Bertz CT molecular complexity index is 1110. The number of para-hydroxylation sites is 1. The van der Waals surface area contributed by atoms with E-state index in [1.165, 1.54) is 12.1 Å². The van der Waals surface area contributed by atoms with Gasteiger partial charge in [0.15, 0.2) is 0 Å². The van der Waals surface area contributed by atoms with Crippen molar-refractivity contribution >= 4 is 22.7 Å². The molecule has 0 amide bonds. The van der Waals surface area contributed by atoms with Gasteiger partial charge < -0.3 is 15.5 Å². The van der Waals surface area contributed by atoms with Gasteiger partial charge in [0.1, 0.15) is 11.6 Å². The third-order valence-electron chi connectivity index (χ3n) is 6.03. The monoisotopic (exact) mass is 477 g/mol. The smallest absolute Gasteiger partial charge is 0.362 e. The Hall–Kier alpha value is -2.94. The van der Waals surface area contributed by atoms with Crippen LogP contribution in [0.4, 0.5) is 29.3 Å². The van der Waals surface area contributed by atoms with Crippen molar-refractivity contribution in [3.8, 4) is 0 Å². The van der Waals surface area contributed by atoms with E-state index in [1.807, 2.05) is 43.3 Å². The van der Waals surface area contributed by atoms with Crippen molar-refractivity contribution in [2.24, 2.45) is 0 Å². The lowest BCUT2D eigenvalue weighted by atomic mass is 9.91. The number of benzene rings is 2. The van der Waals surface area contributed by atoms with Gasteiger partial charge in [0.05, 0.1) is 11.1 Å². The quantitative estimate of drug-likeness (QED) is 0.427. The maximum Gasteiger partial charge on any atom is 0.419 e. The summed E-state index contributed by atoms with van der Waals surface area (Å²) >= 11 is 0. The molecule has 1 aliphatic carbocycles. The molecule has 1 aliphatic rings. The molecule has 0 bridgehead atoms. The summed E-state index contributed by atoms with van der Waals surface area (Å²) < 4.78 is 53.0. The Morgan fingerprint density at radius 3 is 2.29 bits per heavy atom. The third kappa shape index (κ3) is 5.75. The normalized spacial score (nSPS) is 18.4. The minimum Gasteiger partial charge on any atom is -0.362 e. The molecule has 1 fully saturated rings. The number of hydrogen-bond acceptors (Lipinski definition) is 5. The van der Waals surface area contributed by atoms with Crippen LogP contribution < -0.4 is 15.5 Å². The van der Waals surface area contributed by atoms with E-state index in [2.05, 4.69) is 20.6 Å². The number of hydrogen-bond donors (Lipinski definition) is 2. The molecule has 2 aromatic carbocycles. The summed E-state index contributed by atoms with van der Waals surface area (Å²) in [5.41, 5.74) is -0.315. The van der Waals surface area contributed by atoms with Crippen LogP contribution in [-0.2, 0) is 12.7 Å². The average Bonchev–Trinajstić information content (AvgIpc) is 2.78. The number of anilines is 2. The van der Waals surface area contributed by atoms with Crippen molar-refractivity contribution in [3.05, 3.63) is 59.4 Å². The van der Waals surface area contributed by atoms with Crippen LogP contribution >= 0.6 is 0 Å². The number of nitrogens with zero attached hydrogens (tertiary/aromatic N) is 3. The number of fused-ring (bicyclic) bond motifs is 1. The maximum absolute atomic E-state index is 14.2. The highest BCUT2D eigenvalue weighted by Crippen LogP contribution is 2.32. The maximum atomic E-state index is 14.2. The first-order valence-corrected chi connectivity index (χ1v) is 11.0. The lowest BCUT2D eigenvalue weighted by Gasteiger charge is -2.30. The molecule has 0 spiro atoms. The molecular weight excluding hydrogens is 446 g/mol. The van der Waals surface area contributed by atoms with Crippen LogP contribution in [0.1, 0.15) is 44.2 Å². The summed E-state index contributed by atoms with van der Waals surface area (Å²) in [6, 6.07) is 11.6. The lowest BCUT2D eigenvalue weighted by Crippen LogP contribution is -2.37. The van der Waals surface area contributed by atoms with E-state index in [9.17, 15) is 17.6 Å². The van der Waals surface area contributed by atoms with Gasteiger partial charge >= 0.3 is 6.18 Å². The van der Waals surface area contributed by atoms with E-state index in [0.717, 1.165) is 48.5 Å². The summed E-state index contributed by atoms with van der Waals surface area (Å²) in [7, 11) is 3.89. The molecule has 1 saturated carbocycles. The Morgan fingerprint density at radius 1 is 0.941 bits per heavy atom. The van der Waals surface area contributed by atoms with E-state index >= 15 is 0 Å². The number of nitrogens with one attached hydrogen (secondary N) is 2. The minimum atomic E-state index is -4.69. The van der Waals surface area contributed by atoms with E-state index in [-0.39, 0.29) is 31.6 Å². The molecule has 0 atom stereocenters. The summed E-state index contributed by atoms with van der Waals surface area (Å²) in [4.78, 5) is 11.3. The molecule has 5 nitrogen and oxygen atoms in total. The van der Waals surface area contributed by atoms with Gasteiger partial charge in [-0.3, -0.25) is 0 Å². The highest BCUT2D eigenvalue weighted by molar-refractivity contribution is 5.90.